The number of halogens is 2. The highest BCUT2D eigenvalue weighted by Crippen LogP contribution is 2.24. The fraction of sp³-hybridized carbons (Fsp3) is 0.476. The summed E-state index contributed by atoms with van der Waals surface area (Å²) < 4.78 is 13.6. The summed E-state index contributed by atoms with van der Waals surface area (Å²) in [6.45, 7) is 11.1. The van der Waals surface area contributed by atoms with Crippen molar-refractivity contribution in [1.29, 1.82) is 0 Å². The molecule has 29 heavy (non-hydrogen) atoms. The van der Waals surface area contributed by atoms with Gasteiger partial charge in [-0.25, -0.2) is 14.4 Å². The third kappa shape index (κ3) is 6.25. The highest BCUT2D eigenvalue weighted by atomic mass is 127. The lowest BCUT2D eigenvalue weighted by Gasteiger charge is -2.37. The van der Waals surface area contributed by atoms with Crippen molar-refractivity contribution in [2.24, 2.45) is 4.99 Å². The maximum atomic E-state index is 13.6. The number of piperazine rings is 1. The van der Waals surface area contributed by atoms with Gasteiger partial charge in [-0.05, 0) is 30.7 Å². The molecule has 1 aromatic heterocycles. The number of rotatable bonds is 5. The van der Waals surface area contributed by atoms with Crippen molar-refractivity contribution in [3.63, 3.8) is 0 Å². The molecule has 1 N–H and O–H groups in total. The number of benzene rings is 1. The molecule has 1 aliphatic rings. The Morgan fingerprint density at radius 1 is 1.14 bits per heavy atom. The van der Waals surface area contributed by atoms with E-state index in [9.17, 15) is 4.39 Å². The molecular formula is C21H30FIN6. The average molecular weight is 512 g/mol. The highest BCUT2D eigenvalue weighted by Gasteiger charge is 2.24. The Kier molecular flexibility index (Phi) is 8.60. The van der Waals surface area contributed by atoms with E-state index < -0.39 is 0 Å². The second-order valence-electron chi connectivity index (χ2n) is 7.59. The van der Waals surface area contributed by atoms with Crippen LogP contribution in [0, 0.1) is 5.82 Å². The Labute approximate surface area is 189 Å². The van der Waals surface area contributed by atoms with Crippen molar-refractivity contribution >= 4 is 35.9 Å². The lowest BCUT2D eigenvalue weighted by atomic mass is 9.85. The van der Waals surface area contributed by atoms with Crippen molar-refractivity contribution in [2.45, 2.75) is 26.2 Å². The first-order chi connectivity index (χ1) is 13.5. The number of aliphatic imine (C=N–C) groups is 1. The predicted octanol–water partition coefficient (Wildman–Crippen LogP) is 3.30. The summed E-state index contributed by atoms with van der Waals surface area (Å²) in [5, 5.41) is 3.39. The lowest BCUT2D eigenvalue weighted by Crippen LogP contribution is -2.53. The summed E-state index contributed by atoms with van der Waals surface area (Å²) >= 11 is 0. The van der Waals surface area contributed by atoms with Crippen LogP contribution in [0.4, 0.5) is 10.3 Å². The molecule has 3 rings (SSSR count). The minimum absolute atomic E-state index is 0. The molecule has 0 amide bonds. The second-order valence-corrected chi connectivity index (χ2v) is 7.59. The van der Waals surface area contributed by atoms with Gasteiger partial charge in [0.25, 0.3) is 0 Å². The molecule has 2 heterocycles. The van der Waals surface area contributed by atoms with Crippen LogP contribution in [-0.4, -0.2) is 60.1 Å². The van der Waals surface area contributed by atoms with Gasteiger partial charge >= 0.3 is 0 Å². The molecule has 1 saturated heterocycles. The highest BCUT2D eigenvalue weighted by molar-refractivity contribution is 14.0. The van der Waals surface area contributed by atoms with E-state index >= 15 is 0 Å². The summed E-state index contributed by atoms with van der Waals surface area (Å²) in [6.07, 6.45) is 3.55. The van der Waals surface area contributed by atoms with Gasteiger partial charge in [0.15, 0.2) is 5.96 Å². The SMILES string of the molecule is CCNC(=NCC(C)(C)c1cccc(F)c1)N1CCN(c2ncccn2)CC1.I. The maximum Gasteiger partial charge on any atom is 0.225 e. The Morgan fingerprint density at radius 2 is 1.83 bits per heavy atom. The number of anilines is 1. The van der Waals surface area contributed by atoms with Gasteiger partial charge < -0.3 is 15.1 Å². The topological polar surface area (TPSA) is 56.7 Å². The van der Waals surface area contributed by atoms with Gasteiger partial charge in [0.05, 0.1) is 6.54 Å². The molecule has 0 saturated carbocycles. The number of nitrogens with zero attached hydrogens (tertiary/aromatic N) is 5. The van der Waals surface area contributed by atoms with Gasteiger partial charge in [-0.1, -0.05) is 26.0 Å². The van der Waals surface area contributed by atoms with Crippen LogP contribution in [0.25, 0.3) is 0 Å². The van der Waals surface area contributed by atoms with E-state index in [0.29, 0.717) is 6.54 Å². The van der Waals surface area contributed by atoms with Crippen molar-refractivity contribution < 1.29 is 4.39 Å². The van der Waals surface area contributed by atoms with Gasteiger partial charge in [0.1, 0.15) is 5.82 Å². The van der Waals surface area contributed by atoms with E-state index in [0.717, 1.165) is 50.2 Å². The van der Waals surface area contributed by atoms with E-state index in [1.54, 1.807) is 24.5 Å². The van der Waals surface area contributed by atoms with Crippen LogP contribution in [0.15, 0.2) is 47.7 Å². The second kappa shape index (κ2) is 10.7. The molecule has 2 aromatic rings. The van der Waals surface area contributed by atoms with Crippen molar-refractivity contribution in [3.05, 3.63) is 54.1 Å². The molecule has 0 radical (unpaired) electrons. The first kappa shape index (κ1) is 23.3. The Morgan fingerprint density at radius 3 is 2.45 bits per heavy atom. The molecule has 0 atom stereocenters. The molecule has 1 aromatic carbocycles. The van der Waals surface area contributed by atoms with Gasteiger partial charge in [-0.2, -0.15) is 0 Å². The monoisotopic (exact) mass is 512 g/mol. The van der Waals surface area contributed by atoms with Crippen molar-refractivity contribution in [2.75, 3.05) is 44.2 Å². The third-order valence-electron chi connectivity index (χ3n) is 4.98. The zero-order valence-electron chi connectivity index (χ0n) is 17.3. The smallest absolute Gasteiger partial charge is 0.225 e. The van der Waals surface area contributed by atoms with Gasteiger partial charge in [0.2, 0.25) is 5.95 Å². The maximum absolute atomic E-state index is 13.6. The van der Waals surface area contributed by atoms with Gasteiger partial charge in [-0.15, -0.1) is 24.0 Å². The standard InChI is InChI=1S/C21H29FN6.HI/c1-4-23-19(26-16-21(2,3)17-7-5-8-18(22)15-17)27-11-13-28(14-12-27)20-24-9-6-10-25-20;/h5-10,15H,4,11-14,16H2,1-3H3,(H,23,26);1H. The van der Waals surface area contributed by atoms with Crippen LogP contribution in [0.3, 0.4) is 0 Å². The molecule has 158 valence electrons. The van der Waals surface area contributed by atoms with E-state index in [2.05, 4.69) is 45.9 Å². The lowest BCUT2D eigenvalue weighted by molar-refractivity contribution is 0.368. The third-order valence-corrected chi connectivity index (χ3v) is 4.98. The quantitative estimate of drug-likeness (QED) is 0.379. The van der Waals surface area contributed by atoms with Gasteiger partial charge in [0, 0.05) is 50.5 Å². The normalized spacial score (nSPS) is 15.1. The van der Waals surface area contributed by atoms with Crippen LogP contribution >= 0.6 is 24.0 Å². The minimum atomic E-state index is -0.248. The van der Waals surface area contributed by atoms with E-state index in [4.69, 9.17) is 4.99 Å². The first-order valence-electron chi connectivity index (χ1n) is 9.81. The van der Waals surface area contributed by atoms with Crippen LogP contribution in [-0.2, 0) is 5.41 Å². The Bertz CT molecular complexity index is 791. The molecule has 1 fully saturated rings. The number of aromatic nitrogens is 2. The largest absolute Gasteiger partial charge is 0.357 e. The number of nitrogens with one attached hydrogen (secondary N) is 1. The molecule has 8 heteroatoms. The van der Waals surface area contributed by atoms with E-state index in [1.165, 1.54) is 6.07 Å². The van der Waals surface area contributed by atoms with Crippen LogP contribution in [0.2, 0.25) is 0 Å². The average Bonchev–Trinajstić information content (AvgIpc) is 2.72. The van der Waals surface area contributed by atoms with Crippen LogP contribution < -0.4 is 10.2 Å². The van der Waals surface area contributed by atoms with Crippen LogP contribution in [0.5, 0.6) is 0 Å². The summed E-state index contributed by atoms with van der Waals surface area (Å²) in [6, 6.07) is 8.62. The molecule has 0 bridgehead atoms. The summed E-state index contributed by atoms with van der Waals surface area (Å²) in [5.74, 6) is 1.47. The van der Waals surface area contributed by atoms with Crippen LogP contribution in [0.1, 0.15) is 26.3 Å². The zero-order chi connectivity index (χ0) is 20.0. The summed E-state index contributed by atoms with van der Waals surface area (Å²) in [7, 11) is 0. The summed E-state index contributed by atoms with van der Waals surface area (Å²) in [4.78, 5) is 18.0. The Hall–Kier alpha value is -1.97. The van der Waals surface area contributed by atoms with Crippen molar-refractivity contribution in [3.8, 4) is 0 Å². The molecule has 1 aliphatic heterocycles. The van der Waals surface area contributed by atoms with Crippen molar-refractivity contribution in [1.82, 2.24) is 20.2 Å². The fourth-order valence-electron chi connectivity index (χ4n) is 3.27. The van der Waals surface area contributed by atoms with Gasteiger partial charge in [-0.3, -0.25) is 4.99 Å². The number of hydrogen-bond donors (Lipinski definition) is 1. The predicted molar refractivity (Wildman–Crippen MR) is 127 cm³/mol. The van der Waals surface area contributed by atoms with E-state index in [-0.39, 0.29) is 35.2 Å². The first-order valence-corrected chi connectivity index (χ1v) is 9.81. The minimum Gasteiger partial charge on any atom is -0.357 e. The van der Waals surface area contributed by atoms with E-state index in [1.807, 2.05) is 12.1 Å². The molecule has 0 spiro atoms. The number of hydrogen-bond acceptors (Lipinski definition) is 4. The molecule has 0 aliphatic carbocycles. The fourth-order valence-corrected chi connectivity index (χ4v) is 3.27. The zero-order valence-corrected chi connectivity index (χ0v) is 19.6. The molecule has 0 unspecified atom stereocenters. The Balaban J connectivity index is 0.00000300. The molecular weight excluding hydrogens is 482 g/mol. The molecule has 6 nitrogen and oxygen atoms in total. The summed E-state index contributed by atoms with van der Waals surface area (Å²) in [5.41, 5.74) is 0.709. The number of guanidine groups is 1.